The van der Waals surface area contributed by atoms with Crippen molar-refractivity contribution in [1.29, 1.82) is 0 Å². The van der Waals surface area contributed by atoms with Gasteiger partial charge in [-0.25, -0.2) is 0 Å². The van der Waals surface area contributed by atoms with Gasteiger partial charge in [-0.2, -0.15) is 0 Å². The van der Waals surface area contributed by atoms with Gasteiger partial charge in [-0.15, -0.1) is 0 Å². The molecule has 3 rings (SSSR count). The number of benzene rings is 2. The lowest BCUT2D eigenvalue weighted by Gasteiger charge is -2.14. The SMILES string of the molecule is CCc1ccc(-c2conc2-c2cc(OC)cc(OC)c2OC)cc1. The van der Waals surface area contributed by atoms with E-state index in [9.17, 15) is 0 Å². The van der Waals surface area contributed by atoms with E-state index in [0.29, 0.717) is 22.9 Å². The first-order valence-electron chi connectivity index (χ1n) is 8.05. The Balaban J connectivity index is 2.16. The zero-order valence-electron chi connectivity index (χ0n) is 14.8. The molecule has 0 aliphatic heterocycles. The molecule has 0 saturated heterocycles. The lowest BCUT2D eigenvalue weighted by atomic mass is 9.99. The molecule has 0 saturated carbocycles. The molecular weight excluding hydrogens is 318 g/mol. The summed E-state index contributed by atoms with van der Waals surface area (Å²) in [6.45, 7) is 2.13. The quantitative estimate of drug-likeness (QED) is 0.657. The van der Waals surface area contributed by atoms with Crippen LogP contribution in [0.4, 0.5) is 0 Å². The number of hydrogen-bond acceptors (Lipinski definition) is 5. The van der Waals surface area contributed by atoms with Gasteiger partial charge in [0.1, 0.15) is 17.7 Å². The van der Waals surface area contributed by atoms with Crippen molar-refractivity contribution in [3.8, 4) is 39.6 Å². The number of methoxy groups -OCH3 is 3. The lowest BCUT2D eigenvalue weighted by Crippen LogP contribution is -1.96. The Kier molecular flexibility index (Phi) is 4.93. The molecule has 25 heavy (non-hydrogen) atoms. The Hall–Kier alpha value is -2.95. The monoisotopic (exact) mass is 339 g/mol. The van der Waals surface area contributed by atoms with E-state index in [0.717, 1.165) is 23.1 Å². The molecule has 3 aromatic rings. The number of hydrogen-bond donors (Lipinski definition) is 0. The molecule has 2 aromatic carbocycles. The van der Waals surface area contributed by atoms with Crippen LogP contribution >= 0.6 is 0 Å². The molecule has 0 radical (unpaired) electrons. The van der Waals surface area contributed by atoms with Crippen LogP contribution < -0.4 is 14.2 Å². The van der Waals surface area contributed by atoms with Crippen molar-refractivity contribution >= 4 is 0 Å². The van der Waals surface area contributed by atoms with Gasteiger partial charge in [0, 0.05) is 11.6 Å². The number of nitrogens with zero attached hydrogens (tertiary/aromatic N) is 1. The van der Waals surface area contributed by atoms with E-state index in [1.807, 2.05) is 6.07 Å². The molecule has 1 aromatic heterocycles. The van der Waals surface area contributed by atoms with Gasteiger partial charge in [0.15, 0.2) is 11.5 Å². The summed E-state index contributed by atoms with van der Waals surface area (Å²) in [5.41, 5.74) is 4.62. The summed E-state index contributed by atoms with van der Waals surface area (Å²) in [5.74, 6) is 1.82. The Morgan fingerprint density at radius 3 is 2.28 bits per heavy atom. The second-order valence-corrected chi connectivity index (χ2v) is 5.54. The van der Waals surface area contributed by atoms with E-state index in [1.54, 1.807) is 33.7 Å². The van der Waals surface area contributed by atoms with Gasteiger partial charge in [0.2, 0.25) is 0 Å². The Morgan fingerprint density at radius 2 is 1.68 bits per heavy atom. The van der Waals surface area contributed by atoms with E-state index in [4.69, 9.17) is 18.7 Å². The standard InChI is InChI=1S/C20H21NO4/c1-5-13-6-8-14(9-7-13)17-12-25-21-19(17)16-10-15(22-2)11-18(23-3)20(16)24-4/h6-12H,5H2,1-4H3. The third kappa shape index (κ3) is 3.18. The first kappa shape index (κ1) is 16.9. The minimum absolute atomic E-state index is 0.576. The van der Waals surface area contributed by atoms with Crippen molar-refractivity contribution in [3.05, 3.63) is 48.2 Å². The summed E-state index contributed by atoms with van der Waals surface area (Å²) in [7, 11) is 4.80. The van der Waals surface area contributed by atoms with E-state index in [2.05, 4.69) is 36.3 Å². The second-order valence-electron chi connectivity index (χ2n) is 5.54. The van der Waals surface area contributed by atoms with Crippen LogP contribution in [0.1, 0.15) is 12.5 Å². The molecule has 0 aliphatic rings. The van der Waals surface area contributed by atoms with Crippen LogP contribution in [0.25, 0.3) is 22.4 Å². The minimum Gasteiger partial charge on any atom is -0.497 e. The van der Waals surface area contributed by atoms with Crippen LogP contribution in [-0.2, 0) is 6.42 Å². The summed E-state index contributed by atoms with van der Waals surface area (Å²) < 4.78 is 21.6. The van der Waals surface area contributed by atoms with Gasteiger partial charge in [0.05, 0.1) is 26.9 Å². The Bertz CT molecular complexity index is 853. The molecule has 0 spiro atoms. The third-order valence-electron chi connectivity index (χ3n) is 4.19. The predicted octanol–water partition coefficient (Wildman–Crippen LogP) is 4.60. The predicted molar refractivity (Wildman–Crippen MR) is 96.4 cm³/mol. The molecule has 0 bridgehead atoms. The smallest absolute Gasteiger partial charge is 0.170 e. The summed E-state index contributed by atoms with van der Waals surface area (Å²) in [6.07, 6.45) is 2.64. The van der Waals surface area contributed by atoms with Crippen molar-refractivity contribution in [2.75, 3.05) is 21.3 Å². The van der Waals surface area contributed by atoms with Gasteiger partial charge in [-0.3, -0.25) is 0 Å². The molecule has 1 heterocycles. The largest absolute Gasteiger partial charge is 0.497 e. The van der Waals surface area contributed by atoms with Crippen LogP contribution in [0.15, 0.2) is 47.2 Å². The Labute approximate surface area is 147 Å². The fraction of sp³-hybridized carbons (Fsp3) is 0.250. The zero-order chi connectivity index (χ0) is 17.8. The molecule has 0 unspecified atom stereocenters. The topological polar surface area (TPSA) is 53.7 Å². The highest BCUT2D eigenvalue weighted by molar-refractivity contribution is 5.85. The van der Waals surface area contributed by atoms with Gasteiger partial charge < -0.3 is 18.7 Å². The minimum atomic E-state index is 0.576. The average molecular weight is 339 g/mol. The van der Waals surface area contributed by atoms with Crippen LogP contribution in [0.5, 0.6) is 17.2 Å². The molecule has 0 N–H and O–H groups in total. The van der Waals surface area contributed by atoms with Gasteiger partial charge >= 0.3 is 0 Å². The Morgan fingerprint density at radius 1 is 0.920 bits per heavy atom. The molecular formula is C20H21NO4. The molecule has 130 valence electrons. The molecule has 5 heteroatoms. The highest BCUT2D eigenvalue weighted by Gasteiger charge is 2.21. The first-order valence-corrected chi connectivity index (χ1v) is 8.05. The van der Waals surface area contributed by atoms with Gasteiger partial charge in [0.25, 0.3) is 0 Å². The third-order valence-corrected chi connectivity index (χ3v) is 4.19. The zero-order valence-corrected chi connectivity index (χ0v) is 14.8. The maximum absolute atomic E-state index is 5.56. The molecule has 0 aliphatic carbocycles. The summed E-state index contributed by atoms with van der Waals surface area (Å²) in [5, 5.41) is 4.20. The number of ether oxygens (including phenoxy) is 3. The summed E-state index contributed by atoms with van der Waals surface area (Å²) in [4.78, 5) is 0. The maximum Gasteiger partial charge on any atom is 0.170 e. The fourth-order valence-electron chi connectivity index (χ4n) is 2.79. The van der Waals surface area contributed by atoms with E-state index in [1.165, 1.54) is 5.56 Å². The first-order chi connectivity index (χ1) is 12.2. The van der Waals surface area contributed by atoms with Crippen molar-refractivity contribution < 1.29 is 18.7 Å². The summed E-state index contributed by atoms with van der Waals surface area (Å²) in [6, 6.07) is 12.0. The fourth-order valence-corrected chi connectivity index (χ4v) is 2.79. The normalized spacial score (nSPS) is 10.6. The van der Waals surface area contributed by atoms with Crippen molar-refractivity contribution in [2.24, 2.45) is 0 Å². The number of aromatic nitrogens is 1. The second kappa shape index (κ2) is 7.30. The lowest BCUT2D eigenvalue weighted by molar-refractivity contribution is 0.349. The molecule has 0 atom stereocenters. The number of aryl methyl sites for hydroxylation is 1. The number of rotatable bonds is 6. The van der Waals surface area contributed by atoms with Gasteiger partial charge in [-0.1, -0.05) is 36.3 Å². The summed E-state index contributed by atoms with van der Waals surface area (Å²) >= 11 is 0. The average Bonchev–Trinajstić information content (AvgIpc) is 3.16. The van der Waals surface area contributed by atoms with Crippen molar-refractivity contribution in [1.82, 2.24) is 5.16 Å². The van der Waals surface area contributed by atoms with Crippen LogP contribution in [-0.4, -0.2) is 26.5 Å². The van der Waals surface area contributed by atoms with Crippen LogP contribution in [0.2, 0.25) is 0 Å². The van der Waals surface area contributed by atoms with Crippen LogP contribution in [0.3, 0.4) is 0 Å². The highest BCUT2D eigenvalue weighted by Crippen LogP contribution is 2.44. The maximum atomic E-state index is 5.56. The van der Waals surface area contributed by atoms with E-state index >= 15 is 0 Å². The molecule has 0 amide bonds. The molecule has 5 nitrogen and oxygen atoms in total. The van der Waals surface area contributed by atoms with Crippen LogP contribution in [0, 0.1) is 0 Å². The highest BCUT2D eigenvalue weighted by atomic mass is 16.5. The van der Waals surface area contributed by atoms with E-state index in [-0.39, 0.29) is 0 Å². The van der Waals surface area contributed by atoms with Gasteiger partial charge in [-0.05, 0) is 23.6 Å². The van der Waals surface area contributed by atoms with Crippen molar-refractivity contribution in [3.63, 3.8) is 0 Å². The van der Waals surface area contributed by atoms with Crippen molar-refractivity contribution in [2.45, 2.75) is 13.3 Å². The molecule has 0 fully saturated rings. The van der Waals surface area contributed by atoms with E-state index < -0.39 is 0 Å².